The van der Waals surface area contributed by atoms with Gasteiger partial charge in [0.15, 0.2) is 0 Å². The predicted octanol–water partition coefficient (Wildman–Crippen LogP) is 6.67. The second kappa shape index (κ2) is 11.1. The van der Waals surface area contributed by atoms with Crippen molar-refractivity contribution < 1.29 is 9.59 Å². The number of nitrogens with zero attached hydrogens (tertiary/aromatic N) is 3. The van der Waals surface area contributed by atoms with Crippen molar-refractivity contribution in [2.45, 2.75) is 46.5 Å². The monoisotopic (exact) mass is 515 g/mol. The highest BCUT2D eigenvalue weighted by Gasteiger charge is 2.23. The van der Waals surface area contributed by atoms with Gasteiger partial charge in [0.25, 0.3) is 0 Å². The van der Waals surface area contributed by atoms with Crippen LogP contribution in [0.3, 0.4) is 0 Å². The standard InChI is InChI=1S/C26H31Cl2N5O2/c1-6-13-32(25(35)29-18-9-7-17(2)8-10-18)16-24(34)30-23-15-22(26(3,4)5)31-33(23)19-11-12-20(27)21(28)14-19/h7-12,14-15H,6,13,16H2,1-5H3,(H,29,35)(H,30,34). The van der Waals surface area contributed by atoms with Crippen molar-refractivity contribution >= 4 is 46.6 Å². The number of benzene rings is 2. The van der Waals surface area contributed by atoms with Crippen molar-refractivity contribution in [3.8, 4) is 5.69 Å². The molecule has 9 heteroatoms. The van der Waals surface area contributed by atoms with Gasteiger partial charge in [0.2, 0.25) is 5.91 Å². The molecule has 35 heavy (non-hydrogen) atoms. The van der Waals surface area contributed by atoms with Crippen LogP contribution in [0.4, 0.5) is 16.3 Å². The molecule has 0 spiro atoms. The van der Waals surface area contributed by atoms with Crippen LogP contribution in [0.2, 0.25) is 10.0 Å². The highest BCUT2D eigenvalue weighted by Crippen LogP contribution is 2.29. The van der Waals surface area contributed by atoms with Crippen LogP contribution in [0.5, 0.6) is 0 Å². The molecule has 3 aromatic rings. The van der Waals surface area contributed by atoms with Gasteiger partial charge in [-0.2, -0.15) is 5.10 Å². The number of carbonyl (C=O) groups excluding carboxylic acids is 2. The maximum absolute atomic E-state index is 13.0. The first kappa shape index (κ1) is 26.6. The minimum absolute atomic E-state index is 0.108. The van der Waals surface area contributed by atoms with Crippen molar-refractivity contribution in [3.05, 3.63) is 69.8 Å². The first-order chi connectivity index (χ1) is 16.5. The number of hydrogen-bond donors (Lipinski definition) is 2. The Bertz CT molecular complexity index is 1200. The summed E-state index contributed by atoms with van der Waals surface area (Å²) in [5.74, 6) is 0.146. The molecule has 2 aromatic carbocycles. The lowest BCUT2D eigenvalue weighted by molar-refractivity contribution is -0.116. The van der Waals surface area contributed by atoms with Crippen LogP contribution in [-0.2, 0) is 10.2 Å². The minimum Gasteiger partial charge on any atom is -0.315 e. The summed E-state index contributed by atoms with van der Waals surface area (Å²) in [5.41, 5.74) is 2.98. The van der Waals surface area contributed by atoms with Crippen LogP contribution in [0.25, 0.3) is 5.69 Å². The maximum Gasteiger partial charge on any atom is 0.322 e. The van der Waals surface area contributed by atoms with Gasteiger partial charge in [-0.1, -0.05) is 68.6 Å². The largest absolute Gasteiger partial charge is 0.322 e. The Labute approximate surface area is 216 Å². The summed E-state index contributed by atoms with van der Waals surface area (Å²) in [6.45, 7) is 10.4. The number of hydrogen-bond acceptors (Lipinski definition) is 3. The zero-order chi connectivity index (χ0) is 25.8. The fraction of sp³-hybridized carbons (Fsp3) is 0.346. The molecular weight excluding hydrogens is 485 g/mol. The average molecular weight is 516 g/mol. The van der Waals surface area contributed by atoms with E-state index in [1.165, 1.54) is 4.90 Å². The second-order valence-electron chi connectivity index (χ2n) is 9.44. The summed E-state index contributed by atoms with van der Waals surface area (Å²) >= 11 is 12.3. The number of amides is 3. The summed E-state index contributed by atoms with van der Waals surface area (Å²) in [4.78, 5) is 27.4. The molecule has 0 aliphatic carbocycles. The lowest BCUT2D eigenvalue weighted by Crippen LogP contribution is -2.41. The highest BCUT2D eigenvalue weighted by atomic mass is 35.5. The van der Waals surface area contributed by atoms with Gasteiger partial charge in [0, 0.05) is 23.7 Å². The topological polar surface area (TPSA) is 79.3 Å². The van der Waals surface area contributed by atoms with Gasteiger partial charge in [0.1, 0.15) is 12.4 Å². The van der Waals surface area contributed by atoms with Crippen LogP contribution in [0.15, 0.2) is 48.5 Å². The van der Waals surface area contributed by atoms with Crippen LogP contribution >= 0.6 is 23.2 Å². The summed E-state index contributed by atoms with van der Waals surface area (Å²) in [6.07, 6.45) is 0.712. The Morgan fingerprint density at radius 1 is 1.00 bits per heavy atom. The molecule has 1 heterocycles. The number of aryl methyl sites for hydroxylation is 1. The molecule has 0 saturated heterocycles. The van der Waals surface area contributed by atoms with Crippen LogP contribution in [0, 0.1) is 6.92 Å². The van der Waals surface area contributed by atoms with E-state index < -0.39 is 0 Å². The van der Waals surface area contributed by atoms with Crippen molar-refractivity contribution in [3.63, 3.8) is 0 Å². The average Bonchev–Trinajstić information content (AvgIpc) is 3.21. The minimum atomic E-state index is -0.334. The molecule has 0 fully saturated rings. The van der Waals surface area contributed by atoms with Crippen molar-refractivity contribution in [1.29, 1.82) is 0 Å². The van der Waals surface area contributed by atoms with E-state index in [1.54, 1.807) is 22.9 Å². The van der Waals surface area contributed by atoms with Crippen LogP contribution < -0.4 is 10.6 Å². The summed E-state index contributed by atoms with van der Waals surface area (Å²) < 4.78 is 1.62. The second-order valence-corrected chi connectivity index (χ2v) is 10.3. The Morgan fingerprint density at radius 2 is 1.69 bits per heavy atom. The smallest absolute Gasteiger partial charge is 0.315 e. The van der Waals surface area contributed by atoms with E-state index in [9.17, 15) is 9.59 Å². The summed E-state index contributed by atoms with van der Waals surface area (Å²) in [7, 11) is 0. The zero-order valence-electron chi connectivity index (χ0n) is 20.7. The van der Waals surface area contributed by atoms with Crippen LogP contribution in [-0.4, -0.2) is 39.7 Å². The molecule has 0 aliphatic rings. The van der Waals surface area contributed by atoms with Gasteiger partial charge >= 0.3 is 6.03 Å². The quantitative estimate of drug-likeness (QED) is 0.368. The predicted molar refractivity (Wildman–Crippen MR) is 143 cm³/mol. The van der Waals surface area contributed by atoms with Gasteiger partial charge in [-0.25, -0.2) is 9.48 Å². The molecule has 186 valence electrons. The number of aromatic nitrogens is 2. The molecular formula is C26H31Cl2N5O2. The third-order valence-corrected chi connectivity index (χ3v) is 6.05. The van der Waals surface area contributed by atoms with E-state index >= 15 is 0 Å². The van der Waals surface area contributed by atoms with E-state index in [0.717, 1.165) is 11.3 Å². The van der Waals surface area contributed by atoms with Gasteiger partial charge in [0.05, 0.1) is 21.4 Å². The molecule has 0 radical (unpaired) electrons. The number of anilines is 2. The number of nitrogens with one attached hydrogen (secondary N) is 2. The Balaban J connectivity index is 1.81. The summed E-state index contributed by atoms with van der Waals surface area (Å²) in [6, 6.07) is 14.2. The molecule has 0 atom stereocenters. The van der Waals surface area contributed by atoms with Gasteiger partial charge in [-0.3, -0.25) is 4.79 Å². The molecule has 0 bridgehead atoms. The Hall–Kier alpha value is -3.03. The molecule has 0 aliphatic heterocycles. The molecule has 3 amide bonds. The van der Waals surface area contributed by atoms with Crippen molar-refractivity contribution in [2.75, 3.05) is 23.7 Å². The molecule has 3 rings (SSSR count). The van der Waals surface area contributed by atoms with E-state index in [-0.39, 0.29) is 23.9 Å². The SMILES string of the molecule is CCCN(CC(=O)Nc1cc(C(C)(C)C)nn1-c1ccc(Cl)c(Cl)c1)C(=O)Nc1ccc(C)cc1. The fourth-order valence-electron chi connectivity index (χ4n) is 3.37. The fourth-order valence-corrected chi connectivity index (χ4v) is 3.66. The van der Waals surface area contributed by atoms with E-state index in [4.69, 9.17) is 28.3 Å². The molecule has 0 saturated carbocycles. The van der Waals surface area contributed by atoms with Crippen LogP contribution in [0.1, 0.15) is 45.4 Å². The molecule has 2 N–H and O–H groups in total. The Kier molecular flexibility index (Phi) is 8.46. The lowest BCUT2D eigenvalue weighted by Gasteiger charge is -2.22. The third-order valence-electron chi connectivity index (χ3n) is 5.31. The number of urea groups is 1. The van der Waals surface area contributed by atoms with E-state index in [0.29, 0.717) is 40.2 Å². The summed E-state index contributed by atoms with van der Waals surface area (Å²) in [5, 5.41) is 11.3. The van der Waals surface area contributed by atoms with Crippen molar-refractivity contribution in [2.24, 2.45) is 0 Å². The van der Waals surface area contributed by atoms with Gasteiger partial charge in [-0.15, -0.1) is 0 Å². The Morgan fingerprint density at radius 3 is 2.29 bits per heavy atom. The first-order valence-corrected chi connectivity index (χ1v) is 12.2. The zero-order valence-corrected chi connectivity index (χ0v) is 22.2. The lowest BCUT2D eigenvalue weighted by atomic mass is 9.92. The third kappa shape index (κ3) is 6.99. The number of carbonyl (C=O) groups is 2. The molecule has 7 nitrogen and oxygen atoms in total. The normalized spacial score (nSPS) is 11.3. The maximum atomic E-state index is 13.0. The first-order valence-electron chi connectivity index (χ1n) is 11.5. The van der Waals surface area contributed by atoms with E-state index in [1.807, 2.05) is 65.0 Å². The molecule has 1 aromatic heterocycles. The molecule has 0 unspecified atom stereocenters. The number of rotatable bonds is 7. The van der Waals surface area contributed by atoms with Gasteiger partial charge < -0.3 is 15.5 Å². The number of halogens is 2. The highest BCUT2D eigenvalue weighted by molar-refractivity contribution is 6.42. The van der Waals surface area contributed by atoms with Gasteiger partial charge in [-0.05, 0) is 43.7 Å². The van der Waals surface area contributed by atoms with E-state index in [2.05, 4.69) is 10.6 Å². The van der Waals surface area contributed by atoms with Crippen molar-refractivity contribution in [1.82, 2.24) is 14.7 Å².